The van der Waals surface area contributed by atoms with Crippen molar-refractivity contribution >= 4 is 15.4 Å². The molecule has 1 aliphatic rings. The SMILES string of the molecule is CC1CCP(C)(=O)C1.O=[P+](O)O. The van der Waals surface area contributed by atoms with Crippen molar-refractivity contribution in [3.8, 4) is 0 Å². The summed E-state index contributed by atoms with van der Waals surface area (Å²) < 4.78 is 19.9. The molecule has 72 valence electrons. The highest BCUT2D eigenvalue weighted by atomic mass is 31.2. The third-order valence-corrected chi connectivity index (χ3v) is 4.39. The normalized spacial score (nSPS) is 33.8. The minimum Gasteiger partial charge on any atom is -0.324 e. The molecule has 2 atom stereocenters. The molecule has 4 nitrogen and oxygen atoms in total. The predicted molar refractivity (Wildman–Crippen MR) is 49.1 cm³/mol. The Kier molecular flexibility index (Phi) is 5.19. The van der Waals surface area contributed by atoms with Crippen LogP contribution in [0.1, 0.15) is 13.3 Å². The number of hydrogen-bond donors (Lipinski definition) is 2. The van der Waals surface area contributed by atoms with Crippen molar-refractivity contribution in [3.63, 3.8) is 0 Å². The first kappa shape index (κ1) is 12.2. The smallest absolute Gasteiger partial charge is 0.324 e. The van der Waals surface area contributed by atoms with Crippen molar-refractivity contribution in [2.75, 3.05) is 19.0 Å². The molecule has 12 heavy (non-hydrogen) atoms. The van der Waals surface area contributed by atoms with Crippen LogP contribution in [0.15, 0.2) is 0 Å². The van der Waals surface area contributed by atoms with Gasteiger partial charge in [0.1, 0.15) is 0 Å². The first-order chi connectivity index (χ1) is 5.33. The van der Waals surface area contributed by atoms with Crippen molar-refractivity contribution < 1.29 is 18.9 Å². The van der Waals surface area contributed by atoms with Gasteiger partial charge in [-0.05, 0) is 19.0 Å². The molecule has 0 aromatic carbocycles. The molecule has 0 aromatic rings. The lowest BCUT2D eigenvalue weighted by Gasteiger charge is -1.99. The molecule has 1 rings (SSSR count). The zero-order valence-electron chi connectivity index (χ0n) is 7.30. The quantitative estimate of drug-likeness (QED) is 0.600. The molecule has 6 heteroatoms. The minimum atomic E-state index is -2.87. The first-order valence-corrected chi connectivity index (χ1v) is 7.43. The summed E-state index contributed by atoms with van der Waals surface area (Å²) in [6.45, 7) is 4.11. The topological polar surface area (TPSA) is 74.6 Å². The van der Waals surface area contributed by atoms with E-state index >= 15 is 0 Å². The van der Waals surface area contributed by atoms with Crippen molar-refractivity contribution in [3.05, 3.63) is 0 Å². The molecule has 0 spiro atoms. The van der Waals surface area contributed by atoms with Gasteiger partial charge in [0.25, 0.3) is 0 Å². The van der Waals surface area contributed by atoms with Crippen LogP contribution < -0.4 is 0 Å². The zero-order valence-corrected chi connectivity index (χ0v) is 9.09. The summed E-state index contributed by atoms with van der Waals surface area (Å²) in [6.07, 6.45) is 3.18. The Hall–Kier alpha value is 0.250. The highest BCUT2D eigenvalue weighted by Gasteiger charge is 2.26. The lowest BCUT2D eigenvalue weighted by molar-refractivity contribution is 0.405. The van der Waals surface area contributed by atoms with Gasteiger partial charge in [-0.25, -0.2) is 0 Å². The Morgan fingerprint density at radius 3 is 2.00 bits per heavy atom. The summed E-state index contributed by atoms with van der Waals surface area (Å²) in [5.41, 5.74) is 0. The molecule has 0 bridgehead atoms. The van der Waals surface area contributed by atoms with Crippen molar-refractivity contribution in [2.24, 2.45) is 5.92 Å². The Labute approximate surface area is 73.3 Å². The summed E-state index contributed by atoms with van der Waals surface area (Å²) in [5.74, 6) is 0.728. The first-order valence-electron chi connectivity index (χ1n) is 3.74. The molecular weight excluding hydrogens is 198 g/mol. The van der Waals surface area contributed by atoms with Crippen molar-refractivity contribution in [1.29, 1.82) is 0 Å². The monoisotopic (exact) mass is 213 g/mol. The average Bonchev–Trinajstić information content (AvgIpc) is 2.07. The molecular formula is C6H15O4P2+. The van der Waals surface area contributed by atoms with Gasteiger partial charge in [-0.1, -0.05) is 6.92 Å². The second-order valence-corrected chi connectivity index (χ2v) is 7.26. The van der Waals surface area contributed by atoms with Crippen molar-refractivity contribution in [2.45, 2.75) is 13.3 Å². The molecule has 0 aliphatic carbocycles. The molecule has 0 aromatic heterocycles. The fourth-order valence-electron chi connectivity index (χ4n) is 1.34. The van der Waals surface area contributed by atoms with E-state index < -0.39 is 15.4 Å². The van der Waals surface area contributed by atoms with Crippen LogP contribution in [-0.4, -0.2) is 28.8 Å². The van der Waals surface area contributed by atoms with Gasteiger partial charge in [-0.15, -0.1) is 9.79 Å². The van der Waals surface area contributed by atoms with E-state index in [-0.39, 0.29) is 0 Å². The highest BCUT2D eigenvalue weighted by Crippen LogP contribution is 2.50. The van der Waals surface area contributed by atoms with Gasteiger partial charge in [-0.2, -0.15) is 0 Å². The summed E-state index contributed by atoms with van der Waals surface area (Å²) in [4.78, 5) is 14.2. The molecule has 0 amide bonds. The van der Waals surface area contributed by atoms with E-state index in [2.05, 4.69) is 6.92 Å². The Morgan fingerprint density at radius 1 is 1.50 bits per heavy atom. The van der Waals surface area contributed by atoms with Crippen LogP contribution in [0.5, 0.6) is 0 Å². The van der Waals surface area contributed by atoms with Crippen molar-refractivity contribution in [1.82, 2.24) is 0 Å². The molecule has 0 saturated carbocycles. The Morgan fingerprint density at radius 2 is 1.92 bits per heavy atom. The van der Waals surface area contributed by atoms with E-state index in [1.54, 1.807) is 0 Å². The lowest BCUT2D eigenvalue weighted by atomic mass is 10.2. The van der Waals surface area contributed by atoms with Crippen LogP contribution in [0, 0.1) is 5.92 Å². The maximum absolute atomic E-state index is 11.2. The molecule has 1 aliphatic heterocycles. The summed E-state index contributed by atoms with van der Waals surface area (Å²) in [5, 5.41) is 0. The molecule has 2 unspecified atom stereocenters. The van der Waals surface area contributed by atoms with Gasteiger partial charge >= 0.3 is 8.25 Å². The molecule has 1 saturated heterocycles. The van der Waals surface area contributed by atoms with Gasteiger partial charge in [0.2, 0.25) is 0 Å². The van der Waals surface area contributed by atoms with Crippen LogP contribution >= 0.6 is 15.4 Å². The second-order valence-electron chi connectivity index (χ2n) is 3.35. The van der Waals surface area contributed by atoms with E-state index in [4.69, 9.17) is 14.4 Å². The van der Waals surface area contributed by atoms with E-state index in [0.29, 0.717) is 0 Å². The fourth-order valence-corrected chi connectivity index (χ4v) is 4.01. The van der Waals surface area contributed by atoms with E-state index in [1.807, 2.05) is 6.66 Å². The average molecular weight is 213 g/mol. The van der Waals surface area contributed by atoms with E-state index in [1.165, 1.54) is 6.42 Å². The fraction of sp³-hybridized carbons (Fsp3) is 1.00. The zero-order chi connectivity index (χ0) is 9.78. The Bertz CT molecular complexity index is 200. The summed E-state index contributed by atoms with van der Waals surface area (Å²) >= 11 is 0. The maximum atomic E-state index is 11.2. The van der Waals surface area contributed by atoms with Gasteiger partial charge in [0, 0.05) is 16.9 Å². The van der Waals surface area contributed by atoms with Gasteiger partial charge < -0.3 is 4.57 Å². The van der Waals surface area contributed by atoms with Crippen LogP contribution in [0.3, 0.4) is 0 Å². The van der Waals surface area contributed by atoms with E-state index in [9.17, 15) is 4.57 Å². The van der Waals surface area contributed by atoms with Gasteiger partial charge in [0.15, 0.2) is 0 Å². The largest absolute Gasteiger partial charge is 0.692 e. The van der Waals surface area contributed by atoms with Gasteiger partial charge in [-0.3, -0.25) is 0 Å². The second kappa shape index (κ2) is 5.08. The Balaban J connectivity index is 0.000000261. The number of hydrogen-bond acceptors (Lipinski definition) is 2. The number of rotatable bonds is 0. The van der Waals surface area contributed by atoms with Crippen LogP contribution in [0.25, 0.3) is 0 Å². The molecule has 0 radical (unpaired) electrons. The lowest BCUT2D eigenvalue weighted by Crippen LogP contribution is -1.87. The summed E-state index contributed by atoms with van der Waals surface area (Å²) in [7, 11) is -4.47. The van der Waals surface area contributed by atoms with Crippen LogP contribution in [-0.2, 0) is 9.13 Å². The third kappa shape index (κ3) is 6.93. The van der Waals surface area contributed by atoms with Crippen LogP contribution in [0.4, 0.5) is 0 Å². The highest BCUT2D eigenvalue weighted by molar-refractivity contribution is 7.63. The third-order valence-electron chi connectivity index (χ3n) is 1.79. The molecule has 1 fully saturated rings. The summed E-state index contributed by atoms with van der Waals surface area (Å²) in [6, 6.07) is 0. The predicted octanol–water partition coefficient (Wildman–Crippen LogP) is 1.65. The molecule has 2 N–H and O–H groups in total. The minimum absolute atomic E-state index is 0.728. The van der Waals surface area contributed by atoms with E-state index in [0.717, 1.165) is 18.2 Å². The van der Waals surface area contributed by atoms with Gasteiger partial charge in [0.05, 0.1) is 7.14 Å². The molecule has 1 heterocycles. The van der Waals surface area contributed by atoms with Crippen LogP contribution in [0.2, 0.25) is 0 Å². The maximum Gasteiger partial charge on any atom is 0.692 e. The standard InChI is InChI=1S/C6H13OP.HO3P/c1-6-3-4-8(2,7)5-6;1-4(2)3/h6H,3-5H2,1-2H3;(H-,1,2,3)/p+1.